The summed E-state index contributed by atoms with van der Waals surface area (Å²) in [6.07, 6.45) is 1.44. The van der Waals surface area contributed by atoms with Crippen LogP contribution in [0.15, 0.2) is 6.33 Å². The lowest BCUT2D eigenvalue weighted by atomic mass is 10.5. The van der Waals surface area contributed by atoms with Gasteiger partial charge in [-0.3, -0.25) is 4.57 Å². The first kappa shape index (κ1) is 14.5. The molecule has 0 amide bonds. The lowest BCUT2D eigenvalue weighted by Crippen LogP contribution is -2.19. The van der Waals surface area contributed by atoms with E-state index >= 15 is 0 Å². The summed E-state index contributed by atoms with van der Waals surface area (Å²) in [6, 6.07) is 0. The number of fused-ring (bicyclic) bond motifs is 1. The van der Waals surface area contributed by atoms with Gasteiger partial charge >= 0.3 is 0 Å². The van der Waals surface area contributed by atoms with Gasteiger partial charge < -0.3 is 20.1 Å². The predicted octanol–water partition coefficient (Wildman–Crippen LogP) is -0.00470. The van der Waals surface area contributed by atoms with Crippen LogP contribution in [-0.4, -0.2) is 65.4 Å². The minimum Gasteiger partial charge on any atom is -0.479 e. The summed E-state index contributed by atoms with van der Waals surface area (Å²) in [4.78, 5) is 14.5. The number of hydrogen-bond donors (Lipinski definition) is 1. The van der Waals surface area contributed by atoms with Gasteiger partial charge in [-0.05, 0) is 14.1 Å². The molecule has 2 heterocycles. The Hall–Kier alpha value is -1.93. The molecule has 0 aliphatic rings. The van der Waals surface area contributed by atoms with Crippen molar-refractivity contribution in [2.75, 3.05) is 46.7 Å². The van der Waals surface area contributed by atoms with E-state index in [4.69, 9.17) is 15.2 Å². The first-order valence-corrected chi connectivity index (χ1v) is 6.36. The minimum absolute atomic E-state index is 0.384. The van der Waals surface area contributed by atoms with Crippen molar-refractivity contribution in [2.45, 2.75) is 6.54 Å². The molecule has 0 atom stereocenters. The van der Waals surface area contributed by atoms with Gasteiger partial charge in [-0.2, -0.15) is 4.98 Å². The maximum absolute atomic E-state index is 5.90. The van der Waals surface area contributed by atoms with Gasteiger partial charge in [0.2, 0.25) is 11.8 Å². The summed E-state index contributed by atoms with van der Waals surface area (Å²) >= 11 is 0. The van der Waals surface area contributed by atoms with E-state index in [2.05, 4.69) is 19.9 Å². The highest BCUT2D eigenvalue weighted by atomic mass is 16.5. The largest absolute Gasteiger partial charge is 0.479 e. The Balaban J connectivity index is 2.05. The fraction of sp³-hybridized carbons (Fsp3) is 0.583. The Morgan fingerprint density at radius 2 is 2.10 bits per heavy atom. The number of aromatic nitrogens is 4. The summed E-state index contributed by atoms with van der Waals surface area (Å²) in [6.45, 7) is 2.71. The zero-order valence-corrected chi connectivity index (χ0v) is 12.0. The minimum atomic E-state index is 0.384. The number of nitrogens with zero attached hydrogens (tertiary/aromatic N) is 5. The summed E-state index contributed by atoms with van der Waals surface area (Å²) < 4.78 is 12.5. The summed E-state index contributed by atoms with van der Waals surface area (Å²) in [5, 5.41) is 0. The molecule has 20 heavy (non-hydrogen) atoms. The maximum atomic E-state index is 5.90. The second kappa shape index (κ2) is 6.49. The van der Waals surface area contributed by atoms with Crippen LogP contribution in [0.5, 0.6) is 5.88 Å². The first-order valence-electron chi connectivity index (χ1n) is 6.36. The van der Waals surface area contributed by atoms with E-state index in [1.54, 1.807) is 11.7 Å². The lowest BCUT2D eigenvalue weighted by molar-refractivity contribution is 0.112. The first-order chi connectivity index (χ1) is 9.63. The van der Waals surface area contributed by atoms with Crippen LogP contribution in [0.3, 0.4) is 0 Å². The van der Waals surface area contributed by atoms with E-state index in [-0.39, 0.29) is 0 Å². The van der Waals surface area contributed by atoms with Crippen molar-refractivity contribution in [1.82, 2.24) is 24.4 Å². The van der Waals surface area contributed by atoms with Crippen LogP contribution in [0.4, 0.5) is 5.95 Å². The third-order valence-corrected chi connectivity index (χ3v) is 2.86. The molecule has 0 radical (unpaired) electrons. The molecule has 0 aromatic carbocycles. The fourth-order valence-electron chi connectivity index (χ4n) is 1.81. The quantitative estimate of drug-likeness (QED) is 0.713. The van der Waals surface area contributed by atoms with Gasteiger partial charge in [0.15, 0.2) is 11.2 Å². The summed E-state index contributed by atoms with van der Waals surface area (Å²) in [5.41, 5.74) is 7.13. The molecule has 110 valence electrons. The Kier molecular flexibility index (Phi) is 4.70. The molecule has 0 saturated carbocycles. The Morgan fingerprint density at radius 1 is 1.30 bits per heavy atom. The number of anilines is 1. The topological polar surface area (TPSA) is 91.3 Å². The van der Waals surface area contributed by atoms with Crippen molar-refractivity contribution >= 4 is 17.1 Å². The van der Waals surface area contributed by atoms with E-state index in [0.717, 1.165) is 6.54 Å². The number of ether oxygens (including phenoxy) is 2. The molecule has 0 fully saturated rings. The molecule has 0 bridgehead atoms. The number of imidazole rings is 1. The number of rotatable bonds is 7. The number of likely N-dealkylation sites (N-methyl/N-ethyl adjacent to an activating group) is 1. The molecular weight excluding hydrogens is 260 g/mol. The second-order valence-electron chi connectivity index (χ2n) is 4.59. The van der Waals surface area contributed by atoms with E-state index in [0.29, 0.717) is 42.8 Å². The SMILES string of the molecule is COc1ncnc2c1nc(N)n2CCOCCN(C)C. The third kappa shape index (κ3) is 3.14. The molecule has 0 saturated heterocycles. The van der Waals surface area contributed by atoms with Crippen molar-refractivity contribution in [3.63, 3.8) is 0 Å². The number of nitrogen functional groups attached to an aromatic ring is 1. The Labute approximate surface area is 117 Å². The molecular formula is C12H20N6O2. The standard InChI is InChI=1S/C12H20N6O2/c1-17(2)4-6-20-7-5-18-10-9(16-12(18)13)11(19-3)15-8-14-10/h8H,4-7H2,1-3H3,(H2,13,16). The van der Waals surface area contributed by atoms with E-state index in [9.17, 15) is 0 Å². The van der Waals surface area contributed by atoms with Gasteiger partial charge in [0.1, 0.15) is 6.33 Å². The van der Waals surface area contributed by atoms with E-state index in [1.165, 1.54) is 6.33 Å². The molecule has 0 aliphatic heterocycles. The molecule has 0 spiro atoms. The van der Waals surface area contributed by atoms with Gasteiger partial charge in [-0.1, -0.05) is 0 Å². The van der Waals surface area contributed by atoms with Crippen molar-refractivity contribution < 1.29 is 9.47 Å². The summed E-state index contributed by atoms with van der Waals surface area (Å²) in [5.74, 6) is 0.809. The van der Waals surface area contributed by atoms with Gasteiger partial charge in [-0.25, -0.2) is 9.97 Å². The van der Waals surface area contributed by atoms with Crippen molar-refractivity contribution in [3.05, 3.63) is 6.33 Å². The van der Waals surface area contributed by atoms with Crippen LogP contribution in [0.25, 0.3) is 11.2 Å². The van der Waals surface area contributed by atoms with Gasteiger partial charge in [0, 0.05) is 6.54 Å². The van der Waals surface area contributed by atoms with Crippen molar-refractivity contribution in [3.8, 4) is 5.88 Å². The summed E-state index contributed by atoms with van der Waals surface area (Å²) in [7, 11) is 5.56. The monoisotopic (exact) mass is 280 g/mol. The molecule has 0 unspecified atom stereocenters. The number of methoxy groups -OCH3 is 1. The molecule has 2 rings (SSSR count). The Morgan fingerprint density at radius 3 is 2.80 bits per heavy atom. The highest BCUT2D eigenvalue weighted by molar-refractivity contribution is 5.78. The predicted molar refractivity (Wildman–Crippen MR) is 75.7 cm³/mol. The Bertz CT molecular complexity index is 568. The molecule has 2 N–H and O–H groups in total. The van der Waals surface area contributed by atoms with Gasteiger partial charge in [-0.15, -0.1) is 0 Å². The van der Waals surface area contributed by atoms with Crippen LogP contribution in [0, 0.1) is 0 Å². The average Bonchev–Trinajstić information content (AvgIpc) is 2.74. The molecule has 2 aromatic rings. The van der Waals surface area contributed by atoms with Crippen molar-refractivity contribution in [1.29, 1.82) is 0 Å². The maximum Gasteiger partial charge on any atom is 0.245 e. The highest BCUT2D eigenvalue weighted by Gasteiger charge is 2.14. The number of nitrogens with two attached hydrogens (primary N) is 1. The average molecular weight is 280 g/mol. The molecule has 0 aliphatic carbocycles. The van der Waals surface area contributed by atoms with Crippen LogP contribution in [0.1, 0.15) is 0 Å². The fourth-order valence-corrected chi connectivity index (χ4v) is 1.81. The highest BCUT2D eigenvalue weighted by Crippen LogP contribution is 2.22. The van der Waals surface area contributed by atoms with E-state index < -0.39 is 0 Å². The lowest BCUT2D eigenvalue weighted by Gasteiger charge is -2.10. The smallest absolute Gasteiger partial charge is 0.245 e. The second-order valence-corrected chi connectivity index (χ2v) is 4.59. The third-order valence-electron chi connectivity index (χ3n) is 2.86. The number of hydrogen-bond acceptors (Lipinski definition) is 7. The zero-order valence-electron chi connectivity index (χ0n) is 12.0. The molecule has 2 aromatic heterocycles. The van der Waals surface area contributed by atoms with Crippen molar-refractivity contribution in [2.24, 2.45) is 0 Å². The van der Waals surface area contributed by atoms with Crippen LogP contribution >= 0.6 is 0 Å². The normalized spacial score (nSPS) is 11.4. The molecule has 8 heteroatoms. The van der Waals surface area contributed by atoms with Gasteiger partial charge in [0.25, 0.3) is 0 Å². The van der Waals surface area contributed by atoms with Gasteiger partial charge in [0.05, 0.1) is 26.9 Å². The zero-order chi connectivity index (χ0) is 14.5. The van der Waals surface area contributed by atoms with Crippen LogP contribution in [0.2, 0.25) is 0 Å². The van der Waals surface area contributed by atoms with Crippen LogP contribution in [-0.2, 0) is 11.3 Å². The molecule has 8 nitrogen and oxygen atoms in total. The van der Waals surface area contributed by atoms with Crippen LogP contribution < -0.4 is 10.5 Å². The van der Waals surface area contributed by atoms with E-state index in [1.807, 2.05) is 14.1 Å².